The van der Waals surface area contributed by atoms with Gasteiger partial charge in [-0.1, -0.05) is 59.1 Å². The zero-order valence-electron chi connectivity index (χ0n) is 13.5. The molecule has 1 aliphatic carbocycles. The number of carbonyl (C=O) groups is 1. The number of rotatable bonds is 2. The fourth-order valence-corrected chi connectivity index (χ4v) is 4.44. The Morgan fingerprint density at radius 3 is 2.62 bits per heavy atom. The second-order valence-electron chi connectivity index (χ2n) is 6.78. The van der Waals surface area contributed by atoms with Crippen LogP contribution in [0.3, 0.4) is 0 Å². The second-order valence-corrected chi connectivity index (χ2v) is 7.69. The lowest BCUT2D eigenvalue weighted by atomic mass is 9.81. The van der Waals surface area contributed by atoms with Crippen LogP contribution in [0.5, 0.6) is 0 Å². The van der Waals surface area contributed by atoms with Crippen molar-refractivity contribution in [1.29, 1.82) is 0 Å². The van der Waals surface area contributed by atoms with Crippen LogP contribution >= 0.6 is 15.9 Å². The van der Waals surface area contributed by atoms with E-state index in [2.05, 4.69) is 22.0 Å². The van der Waals surface area contributed by atoms with Crippen molar-refractivity contribution < 1.29 is 9.53 Å². The summed E-state index contributed by atoms with van der Waals surface area (Å²) in [5.41, 5.74) is 3.44. The molecule has 4 rings (SSSR count). The zero-order valence-corrected chi connectivity index (χ0v) is 15.1. The molecule has 2 aliphatic rings. The van der Waals surface area contributed by atoms with Gasteiger partial charge in [-0.2, -0.15) is 0 Å². The first kappa shape index (κ1) is 15.7. The van der Waals surface area contributed by atoms with E-state index in [9.17, 15) is 4.79 Å². The number of hydrogen-bond donors (Lipinski definition) is 0. The van der Waals surface area contributed by atoms with Gasteiger partial charge in [0.25, 0.3) is 0 Å². The molecule has 0 N–H and O–H groups in total. The van der Waals surface area contributed by atoms with Crippen LogP contribution in [0.1, 0.15) is 36.8 Å². The van der Waals surface area contributed by atoms with E-state index in [1.807, 2.05) is 47.4 Å². The molecule has 0 bridgehead atoms. The molecular weight excluding hydrogens is 366 g/mol. The Hall–Kier alpha value is -1.81. The van der Waals surface area contributed by atoms with Crippen LogP contribution in [0.2, 0.25) is 0 Å². The zero-order chi connectivity index (χ0) is 16.6. The molecule has 3 nitrogen and oxygen atoms in total. The fraction of sp³-hybridized carbons (Fsp3) is 0.350. The maximum absolute atomic E-state index is 12.7. The number of fused-ring (bicyclic) bond motifs is 2. The number of benzene rings is 2. The standard InChI is InChI=1S/C20H20BrNO2/c21-16-8-9-18-17(12-16)20(10-4-5-11-20)14-22(18)19(23)24-13-15-6-2-1-3-7-15/h1-3,6-9,12H,4-5,10-11,13-14H2. The summed E-state index contributed by atoms with van der Waals surface area (Å²) in [6.45, 7) is 1.06. The molecule has 0 saturated heterocycles. The third kappa shape index (κ3) is 2.73. The van der Waals surface area contributed by atoms with E-state index in [-0.39, 0.29) is 11.5 Å². The predicted molar refractivity (Wildman–Crippen MR) is 98.3 cm³/mol. The van der Waals surface area contributed by atoms with Crippen molar-refractivity contribution in [3.05, 3.63) is 64.1 Å². The largest absolute Gasteiger partial charge is 0.444 e. The number of anilines is 1. The van der Waals surface area contributed by atoms with Gasteiger partial charge in [-0.3, -0.25) is 4.90 Å². The smallest absolute Gasteiger partial charge is 0.414 e. The molecule has 0 aromatic heterocycles. The van der Waals surface area contributed by atoms with Crippen LogP contribution in [0.15, 0.2) is 53.0 Å². The minimum Gasteiger partial charge on any atom is -0.444 e. The minimum atomic E-state index is -0.244. The van der Waals surface area contributed by atoms with E-state index < -0.39 is 0 Å². The van der Waals surface area contributed by atoms with E-state index in [0.29, 0.717) is 6.61 Å². The van der Waals surface area contributed by atoms with Gasteiger partial charge in [-0.25, -0.2) is 4.79 Å². The highest BCUT2D eigenvalue weighted by Gasteiger charge is 2.46. The van der Waals surface area contributed by atoms with E-state index in [0.717, 1.165) is 35.1 Å². The van der Waals surface area contributed by atoms with Crippen molar-refractivity contribution in [2.45, 2.75) is 37.7 Å². The molecule has 1 amide bonds. The lowest BCUT2D eigenvalue weighted by Gasteiger charge is -2.24. The quantitative estimate of drug-likeness (QED) is 0.690. The van der Waals surface area contributed by atoms with E-state index in [1.165, 1.54) is 18.4 Å². The molecule has 4 heteroatoms. The van der Waals surface area contributed by atoms with Gasteiger partial charge in [0.2, 0.25) is 0 Å². The molecule has 1 fully saturated rings. The van der Waals surface area contributed by atoms with E-state index >= 15 is 0 Å². The number of amides is 1. The Kier molecular flexibility index (Phi) is 4.09. The summed E-state index contributed by atoms with van der Waals surface area (Å²) in [5, 5.41) is 0. The molecular formula is C20H20BrNO2. The Balaban J connectivity index is 1.57. The van der Waals surface area contributed by atoms with Gasteiger partial charge in [-0.05, 0) is 42.2 Å². The van der Waals surface area contributed by atoms with Gasteiger partial charge in [0.15, 0.2) is 0 Å². The molecule has 1 spiro atoms. The Morgan fingerprint density at radius 2 is 1.88 bits per heavy atom. The summed E-state index contributed by atoms with van der Waals surface area (Å²) >= 11 is 3.58. The number of carbonyl (C=O) groups excluding carboxylic acids is 1. The number of nitrogens with zero attached hydrogens (tertiary/aromatic N) is 1. The van der Waals surface area contributed by atoms with Crippen LogP contribution in [0.4, 0.5) is 10.5 Å². The first-order chi connectivity index (χ1) is 11.7. The average molecular weight is 386 g/mol. The van der Waals surface area contributed by atoms with Crippen molar-refractivity contribution >= 4 is 27.7 Å². The molecule has 1 aliphatic heterocycles. The molecule has 1 heterocycles. The summed E-state index contributed by atoms with van der Waals surface area (Å²) < 4.78 is 6.65. The molecule has 0 unspecified atom stereocenters. The van der Waals surface area contributed by atoms with Crippen LogP contribution in [0.25, 0.3) is 0 Å². The molecule has 0 radical (unpaired) electrons. The third-order valence-electron chi connectivity index (χ3n) is 5.27. The highest BCUT2D eigenvalue weighted by molar-refractivity contribution is 9.10. The number of halogens is 1. The van der Waals surface area contributed by atoms with Crippen molar-refractivity contribution in [3.8, 4) is 0 Å². The Bertz CT molecular complexity index is 753. The third-order valence-corrected chi connectivity index (χ3v) is 5.76. The number of ether oxygens (including phenoxy) is 1. The van der Waals surface area contributed by atoms with Gasteiger partial charge < -0.3 is 4.74 Å². The lowest BCUT2D eigenvalue weighted by molar-refractivity contribution is 0.146. The first-order valence-corrected chi connectivity index (χ1v) is 9.26. The highest BCUT2D eigenvalue weighted by Crippen LogP contribution is 2.51. The molecule has 2 aromatic carbocycles. The SMILES string of the molecule is O=C(OCc1ccccc1)N1CC2(CCCC2)c2cc(Br)ccc21. The van der Waals surface area contributed by atoms with E-state index in [1.54, 1.807) is 0 Å². The van der Waals surface area contributed by atoms with E-state index in [4.69, 9.17) is 4.74 Å². The summed E-state index contributed by atoms with van der Waals surface area (Å²) in [4.78, 5) is 14.5. The Labute approximate surface area is 150 Å². The molecule has 124 valence electrons. The van der Waals surface area contributed by atoms with Gasteiger partial charge in [0.05, 0.1) is 5.69 Å². The van der Waals surface area contributed by atoms with Gasteiger partial charge >= 0.3 is 6.09 Å². The highest BCUT2D eigenvalue weighted by atomic mass is 79.9. The predicted octanol–water partition coefficient (Wildman–Crippen LogP) is 5.42. The summed E-state index contributed by atoms with van der Waals surface area (Å²) in [5.74, 6) is 0. The summed E-state index contributed by atoms with van der Waals surface area (Å²) in [7, 11) is 0. The summed E-state index contributed by atoms with van der Waals surface area (Å²) in [6, 6.07) is 16.1. The maximum atomic E-state index is 12.7. The van der Waals surface area contributed by atoms with Crippen molar-refractivity contribution in [1.82, 2.24) is 0 Å². The minimum absolute atomic E-state index is 0.116. The molecule has 2 aromatic rings. The topological polar surface area (TPSA) is 29.5 Å². The van der Waals surface area contributed by atoms with Crippen LogP contribution in [0, 0.1) is 0 Å². The monoisotopic (exact) mass is 385 g/mol. The molecule has 24 heavy (non-hydrogen) atoms. The van der Waals surface area contributed by atoms with Gasteiger partial charge in [0.1, 0.15) is 6.61 Å². The molecule has 0 atom stereocenters. The van der Waals surface area contributed by atoms with Crippen LogP contribution in [-0.4, -0.2) is 12.6 Å². The lowest BCUT2D eigenvalue weighted by Crippen LogP contribution is -2.35. The maximum Gasteiger partial charge on any atom is 0.414 e. The van der Waals surface area contributed by atoms with Crippen LogP contribution < -0.4 is 4.90 Å². The average Bonchev–Trinajstić information content (AvgIpc) is 3.20. The second kappa shape index (κ2) is 6.25. The fourth-order valence-electron chi connectivity index (χ4n) is 4.08. The normalized spacial score (nSPS) is 18.0. The van der Waals surface area contributed by atoms with Gasteiger partial charge in [-0.15, -0.1) is 0 Å². The van der Waals surface area contributed by atoms with Crippen molar-refractivity contribution in [3.63, 3.8) is 0 Å². The summed E-state index contributed by atoms with van der Waals surface area (Å²) in [6.07, 6.45) is 4.53. The van der Waals surface area contributed by atoms with Crippen LogP contribution in [-0.2, 0) is 16.8 Å². The van der Waals surface area contributed by atoms with Crippen molar-refractivity contribution in [2.24, 2.45) is 0 Å². The van der Waals surface area contributed by atoms with Gasteiger partial charge in [0, 0.05) is 16.4 Å². The Morgan fingerprint density at radius 1 is 1.12 bits per heavy atom. The first-order valence-electron chi connectivity index (χ1n) is 8.46. The number of hydrogen-bond acceptors (Lipinski definition) is 2. The molecule has 1 saturated carbocycles. The van der Waals surface area contributed by atoms with Crippen molar-refractivity contribution in [2.75, 3.05) is 11.4 Å².